The van der Waals surface area contributed by atoms with Gasteiger partial charge in [-0.2, -0.15) is 0 Å². The summed E-state index contributed by atoms with van der Waals surface area (Å²) in [7, 11) is -4.28. The summed E-state index contributed by atoms with van der Waals surface area (Å²) in [5.41, 5.74) is 0.322. The van der Waals surface area contributed by atoms with Crippen molar-refractivity contribution in [2.75, 3.05) is 0 Å². The van der Waals surface area contributed by atoms with Crippen molar-refractivity contribution in [3.8, 4) is 0 Å². The van der Waals surface area contributed by atoms with E-state index in [-0.39, 0.29) is 4.90 Å². The van der Waals surface area contributed by atoms with E-state index in [2.05, 4.69) is 21.2 Å². The van der Waals surface area contributed by atoms with Crippen LogP contribution in [0.25, 0.3) is 0 Å². The second-order valence-corrected chi connectivity index (χ2v) is 9.08. The summed E-state index contributed by atoms with van der Waals surface area (Å²) in [6.07, 6.45) is 1.86. The maximum absolute atomic E-state index is 13.2. The van der Waals surface area contributed by atoms with E-state index in [1.165, 1.54) is 12.1 Å². The molecule has 3 amide bonds. The molecule has 2 aliphatic rings. The van der Waals surface area contributed by atoms with Gasteiger partial charge in [-0.25, -0.2) is 13.2 Å². The molecule has 0 radical (unpaired) electrons. The molecule has 1 spiro atoms. The van der Waals surface area contributed by atoms with E-state index in [0.717, 1.165) is 12.0 Å². The molecule has 26 heavy (non-hydrogen) atoms. The summed E-state index contributed by atoms with van der Waals surface area (Å²) >= 11 is 3.24. The molecule has 1 heterocycles. The van der Waals surface area contributed by atoms with Crippen LogP contribution in [-0.4, -0.2) is 24.7 Å². The van der Waals surface area contributed by atoms with Crippen LogP contribution in [0.3, 0.4) is 0 Å². The van der Waals surface area contributed by atoms with Crippen LogP contribution in [0, 0.1) is 0 Å². The number of rotatable bonds is 2. The minimum Gasteiger partial charge on any atom is -0.318 e. The first-order valence-electron chi connectivity index (χ1n) is 8.12. The van der Waals surface area contributed by atoms with Gasteiger partial charge in [0.25, 0.3) is 15.9 Å². The number of nitrogens with zero attached hydrogens (tertiary/aromatic N) is 1. The van der Waals surface area contributed by atoms with E-state index < -0.39 is 27.5 Å². The Bertz CT molecular complexity index is 1020. The van der Waals surface area contributed by atoms with Gasteiger partial charge in [-0.1, -0.05) is 40.2 Å². The van der Waals surface area contributed by atoms with E-state index in [1.54, 1.807) is 24.3 Å². The predicted octanol–water partition coefficient (Wildman–Crippen LogP) is 2.92. The molecule has 1 atom stereocenters. The summed E-state index contributed by atoms with van der Waals surface area (Å²) in [5.74, 6) is -0.738. The third-order valence-electron chi connectivity index (χ3n) is 4.88. The zero-order valence-electron chi connectivity index (χ0n) is 13.6. The van der Waals surface area contributed by atoms with E-state index >= 15 is 0 Å². The van der Waals surface area contributed by atoms with Gasteiger partial charge in [-0.15, -0.1) is 4.31 Å². The molecule has 1 aliphatic heterocycles. The van der Waals surface area contributed by atoms with E-state index in [4.69, 9.17) is 0 Å². The van der Waals surface area contributed by atoms with Crippen LogP contribution < -0.4 is 5.32 Å². The molecule has 134 valence electrons. The van der Waals surface area contributed by atoms with Crippen LogP contribution in [0.4, 0.5) is 4.79 Å². The Morgan fingerprint density at radius 1 is 1.04 bits per heavy atom. The highest BCUT2D eigenvalue weighted by molar-refractivity contribution is 9.10. The van der Waals surface area contributed by atoms with Gasteiger partial charge in [-0.05, 0) is 54.7 Å². The first kappa shape index (κ1) is 17.2. The lowest BCUT2D eigenvalue weighted by Gasteiger charge is -2.33. The number of imide groups is 1. The molecule has 6 nitrogen and oxygen atoms in total. The zero-order chi connectivity index (χ0) is 18.5. The lowest BCUT2D eigenvalue weighted by Crippen LogP contribution is -2.47. The third-order valence-corrected chi connectivity index (χ3v) is 7.09. The number of nitrogens with one attached hydrogen (secondary N) is 1. The number of carbonyl (C=O) groups excluding carboxylic acids is 2. The van der Waals surface area contributed by atoms with Gasteiger partial charge in [0.2, 0.25) is 0 Å². The molecule has 4 rings (SSSR count). The minimum atomic E-state index is -4.28. The van der Waals surface area contributed by atoms with Crippen molar-refractivity contribution in [2.45, 2.75) is 29.7 Å². The summed E-state index contributed by atoms with van der Waals surface area (Å²) in [5, 5.41) is 2.66. The Morgan fingerprint density at radius 2 is 1.73 bits per heavy atom. The Balaban J connectivity index is 1.81. The second-order valence-electron chi connectivity index (χ2n) is 6.37. The fourth-order valence-corrected chi connectivity index (χ4v) is 5.26. The van der Waals surface area contributed by atoms with E-state index in [9.17, 15) is 18.0 Å². The fourth-order valence-electron chi connectivity index (χ4n) is 3.67. The van der Waals surface area contributed by atoms with Crippen molar-refractivity contribution in [3.05, 3.63) is 64.1 Å². The molecule has 1 N–H and O–H groups in total. The maximum Gasteiger partial charge on any atom is 0.339 e. The fraction of sp³-hybridized carbons (Fsp3) is 0.222. The maximum atomic E-state index is 13.2. The average Bonchev–Trinajstić information content (AvgIpc) is 2.87. The smallest absolute Gasteiger partial charge is 0.318 e. The molecule has 1 aliphatic carbocycles. The van der Waals surface area contributed by atoms with Gasteiger partial charge in [-0.3, -0.25) is 4.79 Å². The number of sulfonamides is 1. The van der Waals surface area contributed by atoms with Crippen LogP contribution in [0.2, 0.25) is 0 Å². The number of benzene rings is 2. The van der Waals surface area contributed by atoms with Crippen molar-refractivity contribution in [1.29, 1.82) is 0 Å². The quantitative estimate of drug-likeness (QED) is 0.736. The molecular weight excluding hydrogens is 420 g/mol. The Kier molecular flexibility index (Phi) is 3.92. The molecule has 2 aromatic rings. The number of urea groups is 1. The standard InChI is InChI=1S/C18H15BrN2O4S/c19-13-7-9-14(10-8-13)26(24,25)21-16(22)18(20-17(21)23)11-3-5-12-4-1-2-6-15(12)18/h1-2,4,6-10H,3,5,11H2,(H,20,23). The van der Waals surface area contributed by atoms with Crippen molar-refractivity contribution in [2.24, 2.45) is 0 Å². The Labute approximate surface area is 159 Å². The predicted molar refractivity (Wildman–Crippen MR) is 97.8 cm³/mol. The summed E-state index contributed by atoms with van der Waals surface area (Å²) < 4.78 is 26.9. The van der Waals surface area contributed by atoms with E-state index in [1.807, 2.05) is 12.1 Å². The van der Waals surface area contributed by atoms with Gasteiger partial charge in [0, 0.05) is 4.47 Å². The lowest BCUT2D eigenvalue weighted by atomic mass is 9.76. The highest BCUT2D eigenvalue weighted by atomic mass is 79.9. The van der Waals surface area contributed by atoms with E-state index in [0.29, 0.717) is 27.2 Å². The normalized spacial score (nSPS) is 22.4. The van der Waals surface area contributed by atoms with Crippen LogP contribution in [-0.2, 0) is 26.8 Å². The highest BCUT2D eigenvalue weighted by Crippen LogP contribution is 2.41. The number of aryl methyl sites for hydroxylation is 1. The molecular formula is C18H15BrN2O4S. The lowest BCUT2D eigenvalue weighted by molar-refractivity contribution is -0.128. The molecule has 0 bridgehead atoms. The SMILES string of the molecule is O=C1NC2(CCCc3ccccc32)C(=O)N1S(=O)(=O)c1ccc(Br)cc1. The van der Waals surface area contributed by atoms with Crippen LogP contribution in [0.5, 0.6) is 0 Å². The van der Waals surface area contributed by atoms with Crippen molar-refractivity contribution >= 4 is 37.9 Å². The molecule has 2 aromatic carbocycles. The van der Waals surface area contributed by atoms with Crippen molar-refractivity contribution in [3.63, 3.8) is 0 Å². The van der Waals surface area contributed by atoms with Crippen LogP contribution in [0.1, 0.15) is 24.0 Å². The monoisotopic (exact) mass is 434 g/mol. The topological polar surface area (TPSA) is 83.6 Å². The number of hydrogen-bond donors (Lipinski definition) is 1. The summed E-state index contributed by atoms with van der Waals surface area (Å²) in [4.78, 5) is 25.7. The van der Waals surface area contributed by atoms with Gasteiger partial charge in [0.15, 0.2) is 0 Å². The molecule has 0 aromatic heterocycles. The molecule has 8 heteroatoms. The Hall–Kier alpha value is -2.19. The molecule has 1 saturated heterocycles. The van der Waals surface area contributed by atoms with Crippen molar-refractivity contribution in [1.82, 2.24) is 9.62 Å². The number of halogens is 1. The van der Waals surface area contributed by atoms with Gasteiger partial charge in [0.05, 0.1) is 4.90 Å². The second kappa shape index (κ2) is 5.92. The number of hydrogen-bond acceptors (Lipinski definition) is 4. The Morgan fingerprint density at radius 3 is 2.46 bits per heavy atom. The molecule has 0 saturated carbocycles. The summed E-state index contributed by atoms with van der Waals surface area (Å²) in [6, 6.07) is 12.3. The highest BCUT2D eigenvalue weighted by Gasteiger charge is 2.57. The van der Waals surface area contributed by atoms with Gasteiger partial charge >= 0.3 is 6.03 Å². The third kappa shape index (κ3) is 2.39. The van der Waals surface area contributed by atoms with Gasteiger partial charge < -0.3 is 5.32 Å². The number of amides is 3. The number of carbonyl (C=O) groups is 2. The molecule has 1 unspecified atom stereocenters. The van der Waals surface area contributed by atoms with Gasteiger partial charge in [0.1, 0.15) is 5.54 Å². The van der Waals surface area contributed by atoms with Crippen molar-refractivity contribution < 1.29 is 18.0 Å². The molecule has 1 fully saturated rings. The first-order chi connectivity index (χ1) is 12.4. The largest absolute Gasteiger partial charge is 0.339 e. The average molecular weight is 435 g/mol. The zero-order valence-corrected chi connectivity index (χ0v) is 16.0. The minimum absolute atomic E-state index is 0.106. The summed E-state index contributed by atoms with van der Waals surface area (Å²) in [6.45, 7) is 0. The van der Waals surface area contributed by atoms with Crippen LogP contribution in [0.15, 0.2) is 57.9 Å². The van der Waals surface area contributed by atoms with Crippen LogP contribution >= 0.6 is 15.9 Å². The first-order valence-corrected chi connectivity index (χ1v) is 10.4. The number of fused-ring (bicyclic) bond motifs is 2.